The van der Waals surface area contributed by atoms with E-state index in [1.54, 1.807) is 0 Å². The van der Waals surface area contributed by atoms with Crippen LogP contribution in [-0.2, 0) is 16.1 Å². The first-order chi connectivity index (χ1) is 16.5. The van der Waals surface area contributed by atoms with Crippen LogP contribution in [0.5, 0.6) is 5.75 Å². The first-order valence-corrected chi connectivity index (χ1v) is 10.4. The van der Waals surface area contributed by atoms with E-state index in [4.69, 9.17) is 22.5 Å². The maximum Gasteiger partial charge on any atom is 0.387 e. The number of amides is 2. The van der Waals surface area contributed by atoms with Gasteiger partial charge in [0.05, 0.1) is 0 Å². The van der Waals surface area contributed by atoms with Gasteiger partial charge in [0.15, 0.2) is 11.9 Å². The Labute approximate surface area is 200 Å². The molecule has 2 aromatic rings. The smallest absolute Gasteiger partial charge is 0.387 e. The van der Waals surface area contributed by atoms with E-state index in [0.717, 1.165) is 29.2 Å². The van der Waals surface area contributed by atoms with E-state index in [1.165, 1.54) is 6.07 Å². The summed E-state index contributed by atoms with van der Waals surface area (Å²) in [5.74, 6) is -4.60. The molecule has 1 unspecified atom stereocenters. The van der Waals surface area contributed by atoms with Crippen molar-refractivity contribution in [2.24, 2.45) is 10.9 Å². The summed E-state index contributed by atoms with van der Waals surface area (Å²) in [6.45, 7) is -3.60. The molecule has 0 radical (unpaired) electrons. The van der Waals surface area contributed by atoms with Crippen LogP contribution >= 0.6 is 11.6 Å². The molecule has 188 valence electrons. The number of likely N-dealkylation sites (tertiary alicyclic amines) is 1. The van der Waals surface area contributed by atoms with Crippen molar-refractivity contribution in [3.63, 3.8) is 0 Å². The zero-order valence-electron chi connectivity index (χ0n) is 17.7. The van der Waals surface area contributed by atoms with Crippen molar-refractivity contribution in [2.75, 3.05) is 6.54 Å². The second-order valence-corrected chi connectivity index (χ2v) is 7.90. The molecule has 2 aromatic carbocycles. The van der Waals surface area contributed by atoms with Gasteiger partial charge >= 0.3 is 6.61 Å². The fourth-order valence-electron chi connectivity index (χ4n) is 3.41. The van der Waals surface area contributed by atoms with Crippen LogP contribution in [0.2, 0.25) is 5.02 Å². The third-order valence-electron chi connectivity index (χ3n) is 5.26. The molecule has 35 heavy (non-hydrogen) atoms. The highest BCUT2D eigenvalue weighted by Gasteiger charge is 2.40. The number of amidine groups is 1. The van der Waals surface area contributed by atoms with Crippen LogP contribution in [0.3, 0.4) is 0 Å². The lowest BCUT2D eigenvalue weighted by Crippen LogP contribution is -2.59. The Kier molecular flexibility index (Phi) is 8.02. The van der Waals surface area contributed by atoms with Crippen LogP contribution in [-0.4, -0.2) is 52.1 Å². The minimum absolute atomic E-state index is 0.0648. The van der Waals surface area contributed by atoms with Crippen molar-refractivity contribution in [3.8, 4) is 5.75 Å². The molecule has 2 amide bonds. The Bertz CT molecular complexity index is 1140. The molecule has 3 rings (SSSR count). The van der Waals surface area contributed by atoms with Gasteiger partial charge in [-0.2, -0.15) is 8.78 Å². The average molecular weight is 519 g/mol. The fourth-order valence-corrected chi connectivity index (χ4v) is 3.64. The maximum absolute atomic E-state index is 14.2. The molecule has 5 N–H and O–H groups in total. The summed E-state index contributed by atoms with van der Waals surface area (Å²) in [6.07, 6.45) is -1.61. The molecule has 0 bridgehead atoms. The number of hydrogen-bond acceptors (Lipinski definition) is 6. The molecule has 14 heteroatoms. The summed E-state index contributed by atoms with van der Waals surface area (Å²) >= 11 is 5.84. The van der Waals surface area contributed by atoms with Crippen LogP contribution in [0.25, 0.3) is 0 Å². The van der Waals surface area contributed by atoms with Gasteiger partial charge < -0.3 is 31.0 Å². The minimum Gasteiger partial charge on any atom is -0.435 e. The molecular weight excluding hydrogens is 500 g/mol. The number of hydrogen-bond donors (Lipinski definition) is 4. The topological polar surface area (TPSA) is 137 Å². The summed E-state index contributed by atoms with van der Waals surface area (Å²) in [7, 11) is 0. The van der Waals surface area contributed by atoms with Crippen molar-refractivity contribution in [3.05, 3.63) is 63.7 Å². The van der Waals surface area contributed by atoms with Gasteiger partial charge in [0, 0.05) is 29.2 Å². The van der Waals surface area contributed by atoms with E-state index in [0.29, 0.717) is 0 Å². The van der Waals surface area contributed by atoms with Gasteiger partial charge in [-0.15, -0.1) is 0 Å². The van der Waals surface area contributed by atoms with Crippen LogP contribution in [0.15, 0.2) is 35.5 Å². The number of nitrogens with one attached hydrogen (secondary N) is 1. The van der Waals surface area contributed by atoms with Crippen LogP contribution in [0, 0.1) is 11.6 Å². The number of oxime groups is 1. The van der Waals surface area contributed by atoms with Crippen molar-refractivity contribution < 1.29 is 42.2 Å². The molecule has 1 saturated heterocycles. The molecule has 1 fully saturated rings. The Balaban J connectivity index is 1.66. The number of nitrogens with two attached hydrogens (primary N) is 1. The zero-order chi connectivity index (χ0) is 25.9. The van der Waals surface area contributed by atoms with E-state index in [1.807, 2.05) is 0 Å². The van der Waals surface area contributed by atoms with Crippen molar-refractivity contribution >= 4 is 29.3 Å². The van der Waals surface area contributed by atoms with Crippen molar-refractivity contribution in [1.82, 2.24) is 10.2 Å². The number of rotatable bonds is 8. The van der Waals surface area contributed by atoms with Gasteiger partial charge in [-0.25, -0.2) is 8.78 Å². The van der Waals surface area contributed by atoms with Gasteiger partial charge in [0.2, 0.25) is 5.91 Å². The molecule has 9 nitrogen and oxygen atoms in total. The first kappa shape index (κ1) is 26.0. The van der Waals surface area contributed by atoms with Crippen LogP contribution in [0.1, 0.15) is 29.2 Å². The van der Waals surface area contributed by atoms with Gasteiger partial charge in [-0.05, 0) is 42.3 Å². The molecule has 0 aliphatic carbocycles. The Morgan fingerprint density at radius 3 is 2.43 bits per heavy atom. The predicted octanol–water partition coefficient (Wildman–Crippen LogP) is 2.26. The Morgan fingerprint density at radius 1 is 1.23 bits per heavy atom. The Morgan fingerprint density at radius 2 is 1.89 bits per heavy atom. The third kappa shape index (κ3) is 5.92. The standard InChI is InChI=1S/C21H19ClF4N4O5/c22-11-3-9(4-12(7-11)35-21(25)26)17(31)20(33)30-2-1-16(30)19(32)28-8-13-14(23)5-10(6-15(13)24)18(27)29-34/h3-7,16-17,21,31,34H,1-2,8H2,(H2,27,29)(H,28,32)/t16-,17?/m0/s1. The van der Waals surface area contributed by atoms with Gasteiger partial charge in [-0.1, -0.05) is 16.8 Å². The summed E-state index contributed by atoms with van der Waals surface area (Å²) < 4.78 is 57.7. The molecule has 2 atom stereocenters. The Hall–Kier alpha value is -3.58. The van der Waals surface area contributed by atoms with E-state index in [2.05, 4.69) is 15.2 Å². The number of carbonyl (C=O) groups excluding carboxylic acids is 2. The molecule has 1 aliphatic rings. The highest BCUT2D eigenvalue weighted by atomic mass is 35.5. The number of carbonyl (C=O) groups is 2. The van der Waals surface area contributed by atoms with Crippen molar-refractivity contribution in [2.45, 2.75) is 31.7 Å². The van der Waals surface area contributed by atoms with E-state index in [9.17, 15) is 32.3 Å². The SMILES string of the molecule is N/C(=N\O)c1cc(F)c(CNC(=O)[C@@H]2CCN2C(=O)C(O)c2cc(Cl)cc(OC(F)F)c2)c(F)c1. The molecular formula is C21H19ClF4N4O5. The largest absolute Gasteiger partial charge is 0.435 e. The lowest BCUT2D eigenvalue weighted by Gasteiger charge is -2.40. The minimum atomic E-state index is -3.15. The number of benzene rings is 2. The van der Waals surface area contributed by atoms with E-state index < -0.39 is 60.1 Å². The van der Waals surface area contributed by atoms with Gasteiger partial charge in [-0.3, -0.25) is 9.59 Å². The summed E-state index contributed by atoms with van der Waals surface area (Å²) in [6, 6.07) is 3.89. The van der Waals surface area contributed by atoms with Crippen molar-refractivity contribution in [1.29, 1.82) is 0 Å². The summed E-state index contributed by atoms with van der Waals surface area (Å²) in [4.78, 5) is 26.2. The zero-order valence-corrected chi connectivity index (χ0v) is 18.5. The maximum atomic E-state index is 14.2. The number of aliphatic hydroxyl groups excluding tert-OH is 1. The van der Waals surface area contributed by atoms with Gasteiger partial charge in [0.1, 0.15) is 23.4 Å². The second kappa shape index (κ2) is 10.8. The quantitative estimate of drug-likeness (QED) is 0.139. The number of nitrogens with zero attached hydrogens (tertiary/aromatic N) is 2. The van der Waals surface area contributed by atoms with Crippen LogP contribution in [0.4, 0.5) is 17.6 Å². The molecule has 1 aliphatic heterocycles. The van der Waals surface area contributed by atoms with E-state index in [-0.39, 0.29) is 34.9 Å². The number of halogens is 5. The molecule has 1 heterocycles. The van der Waals surface area contributed by atoms with E-state index >= 15 is 0 Å². The molecule has 0 saturated carbocycles. The monoisotopic (exact) mass is 518 g/mol. The van der Waals surface area contributed by atoms with Crippen LogP contribution < -0.4 is 15.8 Å². The lowest BCUT2D eigenvalue weighted by molar-refractivity contribution is -0.154. The number of ether oxygens (including phenoxy) is 1. The number of aliphatic hydroxyl groups is 1. The lowest BCUT2D eigenvalue weighted by atomic mass is 9.98. The molecule has 0 aromatic heterocycles. The predicted molar refractivity (Wildman–Crippen MR) is 114 cm³/mol. The fraction of sp³-hybridized carbons (Fsp3) is 0.286. The summed E-state index contributed by atoms with van der Waals surface area (Å²) in [5, 5.41) is 23.9. The first-order valence-electron chi connectivity index (χ1n) is 9.99. The third-order valence-corrected chi connectivity index (χ3v) is 5.48. The number of alkyl halides is 2. The summed E-state index contributed by atoms with van der Waals surface area (Å²) in [5.41, 5.74) is 4.49. The second-order valence-electron chi connectivity index (χ2n) is 7.46. The average Bonchev–Trinajstić information content (AvgIpc) is 2.75. The molecule has 0 spiro atoms. The highest BCUT2D eigenvalue weighted by molar-refractivity contribution is 6.30. The highest BCUT2D eigenvalue weighted by Crippen LogP contribution is 2.30. The normalized spacial score (nSPS) is 16.6. The van der Waals surface area contributed by atoms with Gasteiger partial charge in [0.25, 0.3) is 5.91 Å².